The Morgan fingerprint density at radius 3 is 2.88 bits per heavy atom. The molecule has 2 saturated heterocycles. The maximum absolute atomic E-state index is 13.0. The number of para-hydroxylation sites is 1. The van der Waals surface area contributed by atoms with Crippen LogP contribution in [0.2, 0.25) is 0 Å². The molecule has 1 aromatic heterocycles. The van der Waals surface area contributed by atoms with E-state index in [9.17, 15) is 4.79 Å². The lowest BCUT2D eigenvalue weighted by atomic mass is 9.85. The summed E-state index contributed by atoms with van der Waals surface area (Å²) in [6.07, 6.45) is 5.97. The van der Waals surface area contributed by atoms with Crippen LogP contribution in [0.3, 0.4) is 0 Å². The first kappa shape index (κ1) is 16.5. The van der Waals surface area contributed by atoms with E-state index in [-0.39, 0.29) is 17.6 Å². The molecule has 1 aromatic carbocycles. The van der Waals surface area contributed by atoms with Crippen molar-refractivity contribution in [3.8, 4) is 0 Å². The number of ketones is 1. The molecule has 4 unspecified atom stereocenters. The van der Waals surface area contributed by atoms with E-state index in [2.05, 4.69) is 48.3 Å². The van der Waals surface area contributed by atoms with Crippen molar-refractivity contribution in [1.29, 1.82) is 0 Å². The van der Waals surface area contributed by atoms with Crippen LogP contribution in [0.15, 0.2) is 30.5 Å². The van der Waals surface area contributed by atoms with E-state index >= 15 is 0 Å². The fourth-order valence-electron chi connectivity index (χ4n) is 5.75. The van der Waals surface area contributed by atoms with Crippen LogP contribution in [-0.2, 0) is 16.0 Å². The first-order chi connectivity index (χ1) is 12.6. The number of ether oxygens (including phenoxy) is 1. The molecule has 1 spiro atoms. The maximum atomic E-state index is 13.0. The molecule has 4 atom stereocenters. The molecule has 4 nitrogen and oxygen atoms in total. The molecule has 1 saturated carbocycles. The van der Waals surface area contributed by atoms with Gasteiger partial charge in [-0.3, -0.25) is 4.79 Å². The van der Waals surface area contributed by atoms with E-state index < -0.39 is 0 Å². The first-order valence-corrected chi connectivity index (χ1v) is 10.0. The molecule has 5 rings (SSSR count). The molecular formula is C22H28N2O2. The number of benzene rings is 1. The molecule has 4 heteroatoms. The van der Waals surface area contributed by atoms with Gasteiger partial charge in [0.1, 0.15) is 5.78 Å². The van der Waals surface area contributed by atoms with Gasteiger partial charge in [-0.05, 0) is 44.9 Å². The number of fused-ring (bicyclic) bond motifs is 3. The van der Waals surface area contributed by atoms with Gasteiger partial charge in [0, 0.05) is 54.4 Å². The van der Waals surface area contributed by atoms with Gasteiger partial charge in [-0.1, -0.05) is 18.2 Å². The number of likely N-dealkylation sites (tertiary alicyclic amines) is 1. The fourth-order valence-corrected chi connectivity index (χ4v) is 5.75. The molecule has 138 valence electrons. The van der Waals surface area contributed by atoms with Gasteiger partial charge < -0.3 is 14.6 Å². The largest absolute Gasteiger partial charge is 0.371 e. The van der Waals surface area contributed by atoms with Crippen LogP contribution in [0, 0.1) is 17.8 Å². The third-order valence-electron chi connectivity index (χ3n) is 7.17. The average molecular weight is 352 g/mol. The summed E-state index contributed by atoms with van der Waals surface area (Å²) in [5, 5.41) is 1.25. The first-order valence-electron chi connectivity index (χ1n) is 10.0. The molecule has 0 amide bonds. The van der Waals surface area contributed by atoms with Gasteiger partial charge in [-0.25, -0.2) is 0 Å². The van der Waals surface area contributed by atoms with E-state index in [1.54, 1.807) is 0 Å². The highest BCUT2D eigenvalue weighted by molar-refractivity contribution is 5.87. The van der Waals surface area contributed by atoms with Crippen molar-refractivity contribution in [1.82, 2.24) is 9.88 Å². The van der Waals surface area contributed by atoms with E-state index in [1.807, 2.05) is 6.07 Å². The van der Waals surface area contributed by atoms with E-state index in [0.29, 0.717) is 24.0 Å². The van der Waals surface area contributed by atoms with Crippen molar-refractivity contribution in [2.45, 2.75) is 44.3 Å². The highest BCUT2D eigenvalue weighted by atomic mass is 16.5. The van der Waals surface area contributed by atoms with E-state index in [4.69, 9.17) is 4.74 Å². The number of piperidine rings is 1. The molecule has 26 heavy (non-hydrogen) atoms. The minimum Gasteiger partial charge on any atom is -0.371 e. The van der Waals surface area contributed by atoms with Gasteiger partial charge in [-0.2, -0.15) is 0 Å². The van der Waals surface area contributed by atoms with Crippen molar-refractivity contribution in [2.75, 3.05) is 20.1 Å². The third kappa shape index (κ3) is 2.46. The van der Waals surface area contributed by atoms with Crippen molar-refractivity contribution in [2.24, 2.45) is 17.8 Å². The highest BCUT2D eigenvalue weighted by Crippen LogP contribution is 2.65. The zero-order chi connectivity index (χ0) is 17.9. The number of aryl methyl sites for hydroxylation is 1. The zero-order valence-corrected chi connectivity index (χ0v) is 15.7. The maximum Gasteiger partial charge on any atom is 0.137 e. The molecule has 1 N–H and O–H groups in total. The number of rotatable bonds is 4. The van der Waals surface area contributed by atoms with Crippen LogP contribution in [0.5, 0.6) is 0 Å². The summed E-state index contributed by atoms with van der Waals surface area (Å²) in [7, 11) is 2.18. The predicted octanol–water partition coefficient (Wildman–Crippen LogP) is 3.41. The topological polar surface area (TPSA) is 45.3 Å². The molecule has 0 radical (unpaired) electrons. The molecule has 3 aliphatic rings. The van der Waals surface area contributed by atoms with Gasteiger partial charge >= 0.3 is 0 Å². The summed E-state index contributed by atoms with van der Waals surface area (Å²) >= 11 is 0. The van der Waals surface area contributed by atoms with E-state index in [0.717, 1.165) is 37.9 Å². The summed E-state index contributed by atoms with van der Waals surface area (Å²) in [6, 6.07) is 8.34. The molecule has 1 aliphatic carbocycles. The van der Waals surface area contributed by atoms with Crippen LogP contribution in [0.1, 0.15) is 31.7 Å². The monoisotopic (exact) mass is 352 g/mol. The minimum atomic E-state index is -0.0162. The van der Waals surface area contributed by atoms with Gasteiger partial charge in [0.15, 0.2) is 0 Å². The number of hydrogen-bond acceptors (Lipinski definition) is 3. The number of hydrogen-bond donors (Lipinski definition) is 1. The van der Waals surface area contributed by atoms with Crippen LogP contribution >= 0.6 is 0 Å². The number of aromatic nitrogens is 1. The number of H-pyrrole nitrogens is 1. The van der Waals surface area contributed by atoms with Crippen molar-refractivity contribution in [3.63, 3.8) is 0 Å². The Bertz CT molecular complexity index is 834. The number of Topliss-reactive ketones (excluding diaryl/α,β-unsaturated/α-hetero) is 1. The Hall–Kier alpha value is -1.65. The standard InChI is InChI=1S/C22H28N2O2/c1-14-19-20(21(19)22(26-14)9-11-24(2)12-10-22)18(25)8-7-15-13-23-17-6-4-3-5-16(15)17/h3-6,13-14,19-21,23H,7-12H2,1-2H3. The van der Waals surface area contributed by atoms with Crippen molar-refractivity contribution >= 4 is 16.7 Å². The number of carbonyl (C=O) groups excluding carboxylic acids is 1. The molecule has 0 bridgehead atoms. The second-order valence-corrected chi connectivity index (χ2v) is 8.65. The molecular weight excluding hydrogens is 324 g/mol. The summed E-state index contributed by atoms with van der Waals surface area (Å²) in [5.74, 6) is 1.64. The van der Waals surface area contributed by atoms with Crippen molar-refractivity contribution in [3.05, 3.63) is 36.0 Å². The van der Waals surface area contributed by atoms with Crippen LogP contribution in [-0.4, -0.2) is 47.5 Å². The molecule has 2 aliphatic heterocycles. The van der Waals surface area contributed by atoms with Crippen molar-refractivity contribution < 1.29 is 9.53 Å². The Balaban J connectivity index is 1.27. The second kappa shape index (κ2) is 5.93. The average Bonchev–Trinajstić information content (AvgIpc) is 3.19. The number of nitrogens with one attached hydrogen (secondary N) is 1. The third-order valence-corrected chi connectivity index (χ3v) is 7.17. The summed E-state index contributed by atoms with van der Waals surface area (Å²) in [4.78, 5) is 18.7. The van der Waals surface area contributed by atoms with Gasteiger partial charge in [0.25, 0.3) is 0 Å². The Kier molecular flexibility index (Phi) is 3.77. The summed E-state index contributed by atoms with van der Waals surface area (Å²) < 4.78 is 6.40. The Morgan fingerprint density at radius 2 is 2.08 bits per heavy atom. The molecule has 3 fully saturated rings. The van der Waals surface area contributed by atoms with Crippen LogP contribution in [0.4, 0.5) is 0 Å². The van der Waals surface area contributed by atoms with Gasteiger partial charge in [-0.15, -0.1) is 0 Å². The van der Waals surface area contributed by atoms with Gasteiger partial charge in [0.05, 0.1) is 11.7 Å². The lowest BCUT2D eigenvalue weighted by molar-refractivity contribution is -0.130. The van der Waals surface area contributed by atoms with Crippen LogP contribution < -0.4 is 0 Å². The second-order valence-electron chi connectivity index (χ2n) is 8.65. The molecule has 2 aromatic rings. The molecule has 3 heterocycles. The quantitative estimate of drug-likeness (QED) is 0.917. The highest BCUT2D eigenvalue weighted by Gasteiger charge is 2.71. The van der Waals surface area contributed by atoms with Gasteiger partial charge in [0.2, 0.25) is 0 Å². The number of aromatic amines is 1. The Morgan fingerprint density at radius 1 is 1.31 bits per heavy atom. The Labute approximate surface area is 154 Å². The number of carbonyl (C=O) groups is 1. The zero-order valence-electron chi connectivity index (χ0n) is 15.7. The normalized spacial score (nSPS) is 32.8. The SMILES string of the molecule is CC1OC2(CCN(C)CC2)C2C(C(=O)CCc3c[nH]c4ccccc34)C12. The van der Waals surface area contributed by atoms with E-state index in [1.165, 1.54) is 10.9 Å². The minimum absolute atomic E-state index is 0.0162. The predicted molar refractivity (Wildman–Crippen MR) is 102 cm³/mol. The lowest BCUT2D eigenvalue weighted by Gasteiger charge is -2.40. The summed E-state index contributed by atoms with van der Waals surface area (Å²) in [5.41, 5.74) is 2.40. The smallest absolute Gasteiger partial charge is 0.137 e. The summed E-state index contributed by atoms with van der Waals surface area (Å²) in [6.45, 7) is 4.36. The lowest BCUT2D eigenvalue weighted by Crippen LogP contribution is -2.46. The number of nitrogens with zero attached hydrogens (tertiary/aromatic N) is 1. The van der Waals surface area contributed by atoms with Crippen LogP contribution in [0.25, 0.3) is 10.9 Å². The fraction of sp³-hybridized carbons (Fsp3) is 0.591.